The van der Waals surface area contributed by atoms with Crippen molar-refractivity contribution in [3.63, 3.8) is 0 Å². The highest BCUT2D eigenvalue weighted by molar-refractivity contribution is 9.09. The van der Waals surface area contributed by atoms with Gasteiger partial charge in [0.15, 0.2) is 0 Å². The van der Waals surface area contributed by atoms with E-state index in [2.05, 4.69) is 21.2 Å². The van der Waals surface area contributed by atoms with Crippen molar-refractivity contribution in [1.29, 1.82) is 0 Å². The van der Waals surface area contributed by atoms with Crippen LogP contribution in [0.2, 0.25) is 5.02 Å². The Hall–Kier alpha value is -0.250. The van der Waals surface area contributed by atoms with Crippen LogP contribution in [0.1, 0.15) is 17.4 Å². The molecule has 0 spiro atoms. The van der Waals surface area contributed by atoms with E-state index < -0.39 is 0 Å². The third kappa shape index (κ3) is 2.87. The van der Waals surface area contributed by atoms with Crippen LogP contribution >= 0.6 is 27.5 Å². The van der Waals surface area contributed by atoms with Gasteiger partial charge in [0, 0.05) is 0 Å². The van der Waals surface area contributed by atoms with Gasteiger partial charge >= 0.3 is 0 Å². The number of alkyl halides is 1. The Balaban J connectivity index is 2.88. The lowest BCUT2D eigenvalue weighted by Crippen LogP contribution is -2.09. The highest BCUT2D eigenvalue weighted by Crippen LogP contribution is 2.29. The second-order valence-electron chi connectivity index (χ2n) is 2.77. The Labute approximate surface area is 97.7 Å². The van der Waals surface area contributed by atoms with Crippen molar-refractivity contribution in [1.82, 2.24) is 5.32 Å². The summed E-state index contributed by atoms with van der Waals surface area (Å²) in [6, 6.07) is 5.75. The van der Waals surface area contributed by atoms with E-state index in [1.165, 1.54) is 0 Å². The molecule has 0 heterocycles. The first-order chi connectivity index (χ1) is 6.69. The molecule has 78 valence electrons. The van der Waals surface area contributed by atoms with E-state index in [9.17, 15) is 0 Å². The molecular weight excluding hydrogens is 265 g/mol. The van der Waals surface area contributed by atoms with Gasteiger partial charge in [0.2, 0.25) is 0 Å². The summed E-state index contributed by atoms with van der Waals surface area (Å²) in [4.78, 5) is 0.121. The monoisotopic (exact) mass is 277 g/mol. The molecule has 0 amide bonds. The topological polar surface area (TPSA) is 21.3 Å². The Morgan fingerprint density at radius 2 is 2.29 bits per heavy atom. The van der Waals surface area contributed by atoms with Crippen molar-refractivity contribution in [3.8, 4) is 5.75 Å². The zero-order valence-corrected chi connectivity index (χ0v) is 10.5. The molecule has 1 aromatic carbocycles. The Kier molecular flexibility index (Phi) is 4.72. The van der Waals surface area contributed by atoms with Gasteiger partial charge in [0.25, 0.3) is 0 Å². The number of ether oxygens (including phenoxy) is 1. The van der Waals surface area contributed by atoms with E-state index in [0.717, 1.165) is 11.3 Å². The van der Waals surface area contributed by atoms with Crippen molar-refractivity contribution in [2.24, 2.45) is 0 Å². The van der Waals surface area contributed by atoms with Crippen LogP contribution in [0.25, 0.3) is 0 Å². The molecule has 1 rings (SSSR count). The van der Waals surface area contributed by atoms with E-state index in [-0.39, 0.29) is 4.95 Å². The zero-order chi connectivity index (χ0) is 10.6. The van der Waals surface area contributed by atoms with Crippen molar-refractivity contribution in [2.75, 3.05) is 13.7 Å². The fraction of sp³-hybridized carbons (Fsp3) is 0.400. The zero-order valence-electron chi connectivity index (χ0n) is 8.18. The van der Waals surface area contributed by atoms with Crippen molar-refractivity contribution in [3.05, 3.63) is 28.8 Å². The molecule has 1 unspecified atom stereocenters. The third-order valence-electron chi connectivity index (χ3n) is 1.80. The highest BCUT2D eigenvalue weighted by atomic mass is 79.9. The predicted octanol–water partition coefficient (Wildman–Crippen LogP) is 3.35. The van der Waals surface area contributed by atoms with Crippen LogP contribution in [0, 0.1) is 0 Å². The molecule has 0 aromatic heterocycles. The van der Waals surface area contributed by atoms with Crippen LogP contribution in [0.4, 0.5) is 0 Å². The first kappa shape index (κ1) is 11.8. The van der Waals surface area contributed by atoms with Crippen molar-refractivity contribution < 1.29 is 4.74 Å². The lowest BCUT2D eigenvalue weighted by molar-refractivity contribution is 0.340. The van der Waals surface area contributed by atoms with Gasteiger partial charge in [-0.1, -0.05) is 33.6 Å². The Morgan fingerprint density at radius 1 is 1.57 bits per heavy atom. The smallest absolute Gasteiger partial charge is 0.137 e. The molecule has 2 nitrogen and oxygen atoms in total. The van der Waals surface area contributed by atoms with Gasteiger partial charge in [-0.3, -0.25) is 0 Å². The average molecular weight is 279 g/mol. The fourth-order valence-electron chi connectivity index (χ4n) is 1.11. The third-order valence-corrected chi connectivity index (χ3v) is 3.08. The minimum atomic E-state index is 0.121. The summed E-state index contributed by atoms with van der Waals surface area (Å²) >= 11 is 9.51. The average Bonchev–Trinajstić information content (AvgIpc) is 2.20. The second-order valence-corrected chi connectivity index (χ2v) is 4.10. The van der Waals surface area contributed by atoms with E-state index in [1.54, 1.807) is 0 Å². The lowest BCUT2D eigenvalue weighted by Gasteiger charge is -2.11. The molecule has 0 aliphatic carbocycles. The molecule has 4 heteroatoms. The molecule has 0 aliphatic heterocycles. The molecule has 1 aromatic rings. The summed E-state index contributed by atoms with van der Waals surface area (Å²) in [5.74, 6) is 0.730. The van der Waals surface area contributed by atoms with Crippen LogP contribution in [0.5, 0.6) is 5.75 Å². The maximum absolute atomic E-state index is 6.04. The number of benzene rings is 1. The molecular formula is C10H13BrClNO. The number of nitrogens with one attached hydrogen (secondary N) is 1. The van der Waals surface area contributed by atoms with E-state index in [1.807, 2.05) is 32.2 Å². The van der Waals surface area contributed by atoms with E-state index in [0.29, 0.717) is 11.6 Å². The number of hydrogen-bond acceptors (Lipinski definition) is 2. The SMILES string of the molecule is CCOc1ccc(C(Br)NC)cc1Cl. The summed E-state index contributed by atoms with van der Waals surface area (Å²) in [5, 5.41) is 3.72. The number of hydrogen-bond donors (Lipinski definition) is 1. The summed E-state index contributed by atoms with van der Waals surface area (Å²) in [7, 11) is 1.88. The van der Waals surface area contributed by atoms with Crippen molar-refractivity contribution in [2.45, 2.75) is 11.9 Å². The molecule has 1 N–H and O–H groups in total. The van der Waals surface area contributed by atoms with Gasteiger partial charge in [0.1, 0.15) is 5.75 Å². The van der Waals surface area contributed by atoms with Crippen molar-refractivity contribution >= 4 is 27.5 Å². The van der Waals surface area contributed by atoms with Gasteiger partial charge in [0.05, 0.1) is 16.6 Å². The van der Waals surface area contributed by atoms with Gasteiger partial charge < -0.3 is 10.1 Å². The van der Waals surface area contributed by atoms with Crippen LogP contribution in [-0.4, -0.2) is 13.7 Å². The maximum atomic E-state index is 6.04. The molecule has 0 fully saturated rings. The van der Waals surface area contributed by atoms with Gasteiger partial charge in [-0.15, -0.1) is 0 Å². The van der Waals surface area contributed by atoms with Crippen LogP contribution < -0.4 is 10.1 Å². The summed E-state index contributed by atoms with van der Waals surface area (Å²) < 4.78 is 5.34. The number of rotatable bonds is 4. The maximum Gasteiger partial charge on any atom is 0.137 e. The Bertz CT molecular complexity index is 306. The van der Waals surface area contributed by atoms with Gasteiger partial charge in [-0.25, -0.2) is 0 Å². The molecule has 0 saturated heterocycles. The largest absolute Gasteiger partial charge is 0.492 e. The predicted molar refractivity (Wildman–Crippen MR) is 63.3 cm³/mol. The minimum absolute atomic E-state index is 0.121. The van der Waals surface area contributed by atoms with E-state index >= 15 is 0 Å². The highest BCUT2D eigenvalue weighted by Gasteiger charge is 2.07. The second kappa shape index (κ2) is 5.59. The molecule has 0 aliphatic rings. The standard InChI is InChI=1S/C10H13BrClNO/c1-3-14-9-5-4-7(6-8(9)12)10(11)13-2/h4-6,10,13H,3H2,1-2H3. The molecule has 0 saturated carbocycles. The van der Waals surface area contributed by atoms with Gasteiger partial charge in [-0.05, 0) is 31.7 Å². The first-order valence-electron chi connectivity index (χ1n) is 4.42. The molecule has 0 bridgehead atoms. The van der Waals surface area contributed by atoms with Crippen LogP contribution in [0.3, 0.4) is 0 Å². The normalized spacial score (nSPS) is 12.6. The Morgan fingerprint density at radius 3 is 2.79 bits per heavy atom. The fourth-order valence-corrected chi connectivity index (χ4v) is 1.64. The van der Waals surface area contributed by atoms with Crippen LogP contribution in [-0.2, 0) is 0 Å². The van der Waals surface area contributed by atoms with Gasteiger partial charge in [-0.2, -0.15) is 0 Å². The molecule has 1 atom stereocenters. The van der Waals surface area contributed by atoms with E-state index in [4.69, 9.17) is 16.3 Å². The first-order valence-corrected chi connectivity index (χ1v) is 5.72. The molecule has 14 heavy (non-hydrogen) atoms. The molecule has 0 radical (unpaired) electrons. The summed E-state index contributed by atoms with van der Waals surface area (Å²) in [5.41, 5.74) is 1.08. The van der Waals surface area contributed by atoms with Crippen LogP contribution in [0.15, 0.2) is 18.2 Å². The lowest BCUT2D eigenvalue weighted by atomic mass is 10.2. The quantitative estimate of drug-likeness (QED) is 0.674. The number of halogens is 2. The minimum Gasteiger partial charge on any atom is -0.492 e. The summed E-state index contributed by atoms with van der Waals surface area (Å²) in [6.07, 6.45) is 0. The summed E-state index contributed by atoms with van der Waals surface area (Å²) in [6.45, 7) is 2.56.